The van der Waals surface area contributed by atoms with Gasteiger partial charge in [0.2, 0.25) is 0 Å². The number of hydrogen-bond donors (Lipinski definition) is 0. The van der Waals surface area contributed by atoms with Crippen LogP contribution in [0.3, 0.4) is 0 Å². The molecule has 0 aromatic rings. The summed E-state index contributed by atoms with van der Waals surface area (Å²) in [6.07, 6.45) is 26.9. The summed E-state index contributed by atoms with van der Waals surface area (Å²) in [5.41, 5.74) is 0.952. The fraction of sp³-hybridized carbons (Fsp3) is 1.00. The molecule has 0 aliphatic carbocycles. The molecule has 0 aromatic heterocycles. The van der Waals surface area contributed by atoms with E-state index < -0.39 is 10.4 Å². The van der Waals surface area contributed by atoms with Gasteiger partial charge in [0.1, 0.15) is 0 Å². The Kier molecular flexibility index (Phi) is 24.1. The zero-order valence-electron chi connectivity index (χ0n) is 29.2. The Labute approximate surface area is 259 Å². The summed E-state index contributed by atoms with van der Waals surface area (Å²) in [5, 5.41) is 0. The van der Waals surface area contributed by atoms with Gasteiger partial charge in [0.05, 0.1) is 13.2 Å². The van der Waals surface area contributed by atoms with E-state index in [-0.39, 0.29) is 13.2 Å². The third-order valence-corrected chi connectivity index (χ3v) is 9.63. The molecule has 0 atom stereocenters. The van der Waals surface area contributed by atoms with Crippen molar-refractivity contribution in [3.8, 4) is 0 Å². The van der Waals surface area contributed by atoms with Gasteiger partial charge >= 0.3 is 10.4 Å². The molecule has 0 saturated carbocycles. The molecule has 248 valence electrons. The molecular weight excluding hydrogens is 528 g/mol. The molecule has 41 heavy (non-hydrogen) atoms. The van der Waals surface area contributed by atoms with E-state index in [2.05, 4.69) is 55.4 Å². The lowest BCUT2D eigenvalue weighted by Crippen LogP contribution is -2.12. The molecule has 0 aliphatic heterocycles. The van der Waals surface area contributed by atoms with Crippen LogP contribution < -0.4 is 0 Å². The van der Waals surface area contributed by atoms with Gasteiger partial charge in [0.25, 0.3) is 0 Å². The van der Waals surface area contributed by atoms with E-state index in [1.165, 1.54) is 103 Å². The molecule has 0 bridgehead atoms. The van der Waals surface area contributed by atoms with Crippen LogP contribution in [0.15, 0.2) is 0 Å². The van der Waals surface area contributed by atoms with E-state index in [0.717, 1.165) is 50.4 Å². The minimum absolute atomic E-state index is 0.238. The van der Waals surface area contributed by atoms with Crippen LogP contribution in [-0.2, 0) is 18.8 Å². The molecule has 0 spiro atoms. The zero-order chi connectivity index (χ0) is 31.0. The van der Waals surface area contributed by atoms with Gasteiger partial charge in [-0.3, -0.25) is 0 Å². The molecule has 0 unspecified atom stereocenters. The molecular formula is C36H74O4S. The molecule has 0 radical (unpaired) electrons. The summed E-state index contributed by atoms with van der Waals surface area (Å²) in [7, 11) is -3.84. The van der Waals surface area contributed by atoms with Crippen molar-refractivity contribution in [3.63, 3.8) is 0 Å². The summed E-state index contributed by atoms with van der Waals surface area (Å²) in [6, 6.07) is 0. The highest BCUT2D eigenvalue weighted by Crippen LogP contribution is 2.32. The number of hydrogen-bond acceptors (Lipinski definition) is 4. The van der Waals surface area contributed by atoms with Crippen LogP contribution in [0.5, 0.6) is 0 Å². The molecule has 0 saturated heterocycles. The quantitative estimate of drug-likeness (QED) is 0.0767. The maximum Gasteiger partial charge on any atom is 0.399 e. The Morgan fingerprint density at radius 3 is 1.02 bits per heavy atom. The minimum atomic E-state index is -3.84. The Bertz CT molecular complexity index is 630. The van der Waals surface area contributed by atoms with Gasteiger partial charge in [-0.2, -0.15) is 8.42 Å². The van der Waals surface area contributed by atoms with Crippen LogP contribution in [-0.4, -0.2) is 21.6 Å². The molecule has 0 heterocycles. The number of unbranched alkanes of at least 4 members (excludes halogenated alkanes) is 12. The van der Waals surface area contributed by atoms with Gasteiger partial charge in [-0.15, -0.1) is 0 Å². The maximum atomic E-state index is 12.0. The predicted octanol–water partition coefficient (Wildman–Crippen LogP) is 12.2. The molecule has 0 N–H and O–H groups in total. The van der Waals surface area contributed by atoms with Crippen LogP contribution in [0.25, 0.3) is 0 Å². The smallest absolute Gasteiger partial charge is 0.248 e. The van der Waals surface area contributed by atoms with Crippen molar-refractivity contribution >= 4 is 10.4 Å². The molecule has 0 rings (SSSR count). The standard InChI is InChI=1S/C36H74O4S/c1-33(2)25-23-29-35(5,6)27-19-15-11-9-13-17-21-31-39-41(37,38)40-32-22-18-14-10-12-16-20-28-36(7,8)30-24-26-34(3)4/h33-34H,9-32H2,1-8H3. The van der Waals surface area contributed by atoms with Gasteiger partial charge in [-0.05, 0) is 61.2 Å². The highest BCUT2D eigenvalue weighted by atomic mass is 32.3. The third-order valence-electron chi connectivity index (χ3n) is 8.72. The van der Waals surface area contributed by atoms with Crippen LogP contribution >= 0.6 is 0 Å². The van der Waals surface area contributed by atoms with Crippen molar-refractivity contribution in [2.75, 3.05) is 13.2 Å². The molecule has 0 fully saturated rings. The number of rotatable bonds is 30. The second-order valence-electron chi connectivity index (χ2n) is 15.4. The third kappa shape index (κ3) is 29.7. The Morgan fingerprint density at radius 2 is 0.707 bits per heavy atom. The minimum Gasteiger partial charge on any atom is -0.248 e. The monoisotopic (exact) mass is 603 g/mol. The molecule has 0 amide bonds. The lowest BCUT2D eigenvalue weighted by molar-refractivity contribution is 0.207. The van der Waals surface area contributed by atoms with Crippen LogP contribution in [0, 0.1) is 22.7 Å². The van der Waals surface area contributed by atoms with E-state index in [9.17, 15) is 8.42 Å². The van der Waals surface area contributed by atoms with E-state index in [1.54, 1.807) is 0 Å². The fourth-order valence-corrected chi connectivity index (χ4v) is 6.47. The van der Waals surface area contributed by atoms with Gasteiger partial charge in [-0.25, -0.2) is 8.37 Å². The predicted molar refractivity (Wildman–Crippen MR) is 180 cm³/mol. The Balaban J connectivity index is 3.56. The highest BCUT2D eigenvalue weighted by molar-refractivity contribution is 7.81. The van der Waals surface area contributed by atoms with Crippen molar-refractivity contribution in [3.05, 3.63) is 0 Å². The van der Waals surface area contributed by atoms with E-state index in [4.69, 9.17) is 8.37 Å². The van der Waals surface area contributed by atoms with Crippen molar-refractivity contribution in [2.45, 2.75) is 197 Å². The molecule has 5 heteroatoms. The highest BCUT2D eigenvalue weighted by Gasteiger charge is 2.18. The summed E-state index contributed by atoms with van der Waals surface area (Å²) >= 11 is 0. The Hall–Kier alpha value is -0.130. The van der Waals surface area contributed by atoms with Crippen molar-refractivity contribution in [1.82, 2.24) is 0 Å². The molecule has 0 aliphatic rings. The summed E-state index contributed by atoms with van der Waals surface area (Å²) in [4.78, 5) is 0. The van der Waals surface area contributed by atoms with Crippen LogP contribution in [0.1, 0.15) is 197 Å². The van der Waals surface area contributed by atoms with Crippen LogP contribution in [0.4, 0.5) is 0 Å². The van der Waals surface area contributed by atoms with E-state index >= 15 is 0 Å². The summed E-state index contributed by atoms with van der Waals surface area (Å²) in [6.45, 7) is 19.4. The second-order valence-corrected chi connectivity index (χ2v) is 16.7. The fourth-order valence-electron chi connectivity index (χ4n) is 5.76. The first kappa shape index (κ1) is 40.9. The van der Waals surface area contributed by atoms with Gasteiger partial charge in [0, 0.05) is 0 Å². The average molecular weight is 603 g/mol. The zero-order valence-corrected chi connectivity index (χ0v) is 30.0. The molecule has 0 aromatic carbocycles. The second kappa shape index (κ2) is 24.2. The van der Waals surface area contributed by atoms with Crippen molar-refractivity contribution < 1.29 is 16.8 Å². The SMILES string of the molecule is CC(C)CCCC(C)(C)CCCCCCCCCOS(=O)(=O)OCCCCCCCCCC(C)(C)CCCC(C)C. The topological polar surface area (TPSA) is 52.6 Å². The van der Waals surface area contributed by atoms with Gasteiger partial charge < -0.3 is 0 Å². The maximum absolute atomic E-state index is 12.0. The summed E-state index contributed by atoms with van der Waals surface area (Å²) < 4.78 is 34.0. The first-order chi connectivity index (χ1) is 19.2. The normalized spacial score (nSPS) is 13.1. The van der Waals surface area contributed by atoms with E-state index in [0.29, 0.717) is 10.8 Å². The largest absolute Gasteiger partial charge is 0.399 e. The van der Waals surface area contributed by atoms with Crippen molar-refractivity contribution in [2.24, 2.45) is 22.7 Å². The first-order valence-electron chi connectivity index (χ1n) is 17.8. The first-order valence-corrected chi connectivity index (χ1v) is 19.1. The average Bonchev–Trinajstić information content (AvgIpc) is 2.85. The lowest BCUT2D eigenvalue weighted by Gasteiger charge is -2.25. The van der Waals surface area contributed by atoms with Gasteiger partial charge in [-0.1, -0.05) is 158 Å². The van der Waals surface area contributed by atoms with Crippen LogP contribution in [0.2, 0.25) is 0 Å². The summed E-state index contributed by atoms with van der Waals surface area (Å²) in [5.74, 6) is 1.63. The Morgan fingerprint density at radius 1 is 0.439 bits per heavy atom. The lowest BCUT2D eigenvalue weighted by atomic mass is 9.81. The van der Waals surface area contributed by atoms with E-state index in [1.807, 2.05) is 0 Å². The van der Waals surface area contributed by atoms with Gasteiger partial charge in [0.15, 0.2) is 0 Å². The molecule has 4 nitrogen and oxygen atoms in total. The van der Waals surface area contributed by atoms with Crippen molar-refractivity contribution in [1.29, 1.82) is 0 Å².